The predicted octanol–water partition coefficient (Wildman–Crippen LogP) is 3.12. The quantitative estimate of drug-likeness (QED) is 0.803. The number of anilines is 2. The Balaban J connectivity index is 2.11. The van der Waals surface area contributed by atoms with Crippen LogP contribution in [0.3, 0.4) is 0 Å². The maximum absolute atomic E-state index is 4.71. The van der Waals surface area contributed by atoms with Crippen molar-refractivity contribution >= 4 is 23.4 Å². The molecule has 0 aliphatic heterocycles. The van der Waals surface area contributed by atoms with Gasteiger partial charge in [-0.2, -0.15) is 11.8 Å². The Bertz CT molecular complexity index is 432. The van der Waals surface area contributed by atoms with Gasteiger partial charge >= 0.3 is 0 Å². The lowest BCUT2D eigenvalue weighted by Gasteiger charge is -2.16. The van der Waals surface area contributed by atoms with Crippen molar-refractivity contribution in [3.05, 3.63) is 11.4 Å². The molecule has 0 radical (unpaired) electrons. The van der Waals surface area contributed by atoms with Gasteiger partial charge in [0.25, 0.3) is 0 Å². The highest BCUT2D eigenvalue weighted by Crippen LogP contribution is 2.39. The van der Waals surface area contributed by atoms with E-state index in [0.29, 0.717) is 11.8 Å². The van der Waals surface area contributed by atoms with E-state index in [2.05, 4.69) is 35.7 Å². The van der Waals surface area contributed by atoms with Gasteiger partial charge in [0.2, 0.25) is 0 Å². The molecule has 0 bridgehead atoms. The highest BCUT2D eigenvalue weighted by atomic mass is 32.2. The van der Waals surface area contributed by atoms with Crippen LogP contribution in [0.15, 0.2) is 0 Å². The van der Waals surface area contributed by atoms with Gasteiger partial charge in [-0.25, -0.2) is 9.97 Å². The van der Waals surface area contributed by atoms with Gasteiger partial charge in [-0.05, 0) is 37.7 Å². The third-order valence-corrected chi connectivity index (χ3v) is 4.31. The minimum atomic E-state index is 0.580. The average molecular weight is 280 g/mol. The first kappa shape index (κ1) is 14.4. The molecule has 1 aromatic heterocycles. The van der Waals surface area contributed by atoms with Crippen LogP contribution in [-0.4, -0.2) is 35.6 Å². The fourth-order valence-corrected chi connectivity index (χ4v) is 2.77. The summed E-state index contributed by atoms with van der Waals surface area (Å²) in [6, 6.07) is 0. The van der Waals surface area contributed by atoms with Crippen molar-refractivity contribution in [3.63, 3.8) is 0 Å². The molecule has 1 atom stereocenters. The minimum Gasteiger partial charge on any atom is -0.373 e. The van der Waals surface area contributed by atoms with Crippen molar-refractivity contribution in [2.45, 2.75) is 32.6 Å². The maximum Gasteiger partial charge on any atom is 0.136 e. The molecule has 2 rings (SSSR count). The summed E-state index contributed by atoms with van der Waals surface area (Å²) in [5, 5.41) is 6.67. The zero-order valence-electron chi connectivity index (χ0n) is 12.3. The van der Waals surface area contributed by atoms with Gasteiger partial charge in [0.1, 0.15) is 17.5 Å². The Morgan fingerprint density at radius 1 is 1.32 bits per heavy atom. The normalized spacial score (nSPS) is 16.2. The average Bonchev–Trinajstić information content (AvgIpc) is 3.22. The molecule has 1 aromatic rings. The molecule has 1 fully saturated rings. The van der Waals surface area contributed by atoms with Crippen molar-refractivity contribution in [1.29, 1.82) is 0 Å². The topological polar surface area (TPSA) is 49.8 Å². The second-order valence-corrected chi connectivity index (χ2v) is 6.28. The first-order valence-electron chi connectivity index (χ1n) is 6.94. The molecule has 19 heavy (non-hydrogen) atoms. The summed E-state index contributed by atoms with van der Waals surface area (Å²) in [4.78, 5) is 9.32. The lowest BCUT2D eigenvalue weighted by atomic mass is 10.2. The zero-order valence-corrected chi connectivity index (χ0v) is 13.1. The first-order chi connectivity index (χ1) is 9.15. The van der Waals surface area contributed by atoms with Crippen molar-refractivity contribution in [1.82, 2.24) is 9.97 Å². The van der Waals surface area contributed by atoms with E-state index in [1.807, 2.05) is 18.8 Å². The number of rotatable bonds is 7. The molecule has 2 N–H and O–H groups in total. The monoisotopic (exact) mass is 280 g/mol. The third kappa shape index (κ3) is 3.75. The van der Waals surface area contributed by atoms with Gasteiger partial charge in [0.05, 0.1) is 0 Å². The SMILES string of the molecule is CNc1nc(C2CC2)nc(NCC(C)CSC)c1C. The summed E-state index contributed by atoms with van der Waals surface area (Å²) in [7, 11) is 1.92. The minimum absolute atomic E-state index is 0.580. The maximum atomic E-state index is 4.71. The summed E-state index contributed by atoms with van der Waals surface area (Å²) in [5.41, 5.74) is 1.11. The Hall–Kier alpha value is -0.970. The van der Waals surface area contributed by atoms with Crippen LogP contribution in [-0.2, 0) is 0 Å². The number of thioether (sulfide) groups is 1. The van der Waals surface area contributed by atoms with Gasteiger partial charge in [-0.3, -0.25) is 0 Å². The molecule has 1 heterocycles. The van der Waals surface area contributed by atoms with E-state index >= 15 is 0 Å². The number of aromatic nitrogens is 2. The van der Waals surface area contributed by atoms with Crippen LogP contribution in [0.4, 0.5) is 11.6 Å². The molecule has 1 aliphatic carbocycles. The van der Waals surface area contributed by atoms with Gasteiger partial charge in [0.15, 0.2) is 0 Å². The third-order valence-electron chi connectivity index (χ3n) is 3.41. The Labute approximate surface area is 120 Å². The van der Waals surface area contributed by atoms with Crippen molar-refractivity contribution in [2.24, 2.45) is 5.92 Å². The van der Waals surface area contributed by atoms with E-state index in [4.69, 9.17) is 4.98 Å². The van der Waals surface area contributed by atoms with E-state index in [-0.39, 0.29) is 0 Å². The largest absolute Gasteiger partial charge is 0.373 e. The van der Waals surface area contributed by atoms with Crippen molar-refractivity contribution in [3.8, 4) is 0 Å². The second-order valence-electron chi connectivity index (χ2n) is 5.37. The number of hydrogen-bond donors (Lipinski definition) is 2. The molecule has 1 saturated carbocycles. The highest BCUT2D eigenvalue weighted by Gasteiger charge is 2.28. The van der Waals surface area contributed by atoms with Crippen LogP contribution in [0, 0.1) is 12.8 Å². The van der Waals surface area contributed by atoms with Gasteiger partial charge < -0.3 is 10.6 Å². The summed E-state index contributed by atoms with van der Waals surface area (Å²) >= 11 is 1.89. The Kier molecular flexibility index (Phi) is 4.91. The van der Waals surface area contributed by atoms with Gasteiger partial charge in [-0.1, -0.05) is 6.92 Å². The number of nitrogens with one attached hydrogen (secondary N) is 2. The van der Waals surface area contributed by atoms with Crippen molar-refractivity contribution < 1.29 is 0 Å². The first-order valence-corrected chi connectivity index (χ1v) is 8.34. The molecule has 5 heteroatoms. The van der Waals surface area contributed by atoms with E-state index in [1.54, 1.807) is 0 Å². The van der Waals surface area contributed by atoms with Crippen LogP contribution in [0.1, 0.15) is 37.1 Å². The lowest BCUT2D eigenvalue weighted by Crippen LogP contribution is -2.16. The lowest BCUT2D eigenvalue weighted by molar-refractivity contribution is 0.698. The van der Waals surface area contributed by atoms with Crippen LogP contribution in [0.5, 0.6) is 0 Å². The zero-order chi connectivity index (χ0) is 13.8. The Morgan fingerprint density at radius 2 is 2.00 bits per heavy atom. The molecule has 0 spiro atoms. The summed E-state index contributed by atoms with van der Waals surface area (Å²) in [6.07, 6.45) is 4.61. The Morgan fingerprint density at radius 3 is 2.58 bits per heavy atom. The predicted molar refractivity (Wildman–Crippen MR) is 84.3 cm³/mol. The molecule has 106 valence electrons. The van der Waals surface area contributed by atoms with Crippen LogP contribution >= 0.6 is 11.8 Å². The molecule has 1 aliphatic rings. The summed E-state index contributed by atoms with van der Waals surface area (Å²) in [6.45, 7) is 5.30. The second kappa shape index (κ2) is 6.46. The molecule has 0 aromatic carbocycles. The van der Waals surface area contributed by atoms with Crippen molar-refractivity contribution in [2.75, 3.05) is 36.2 Å². The van der Waals surface area contributed by atoms with Crippen LogP contribution in [0.2, 0.25) is 0 Å². The molecule has 0 saturated heterocycles. The van der Waals surface area contributed by atoms with E-state index in [0.717, 1.165) is 29.6 Å². The highest BCUT2D eigenvalue weighted by molar-refractivity contribution is 7.98. The van der Waals surface area contributed by atoms with Gasteiger partial charge in [0, 0.05) is 25.1 Å². The summed E-state index contributed by atoms with van der Waals surface area (Å²) < 4.78 is 0. The van der Waals surface area contributed by atoms with Crippen LogP contribution < -0.4 is 10.6 Å². The molecule has 4 nitrogen and oxygen atoms in total. The molecular weight excluding hydrogens is 256 g/mol. The molecule has 0 amide bonds. The fourth-order valence-electron chi connectivity index (χ4n) is 2.09. The number of hydrogen-bond acceptors (Lipinski definition) is 5. The van der Waals surface area contributed by atoms with E-state index in [1.165, 1.54) is 18.6 Å². The molecular formula is C14H24N4S. The van der Waals surface area contributed by atoms with Gasteiger partial charge in [-0.15, -0.1) is 0 Å². The smallest absolute Gasteiger partial charge is 0.136 e. The van der Waals surface area contributed by atoms with E-state index < -0.39 is 0 Å². The number of nitrogens with zero attached hydrogens (tertiary/aromatic N) is 2. The molecule has 1 unspecified atom stereocenters. The standard InChI is InChI=1S/C14H24N4S/c1-9(8-19-4)7-16-13-10(2)12(15-3)17-14(18-13)11-5-6-11/h9,11H,5-8H2,1-4H3,(H2,15,16,17,18). The van der Waals surface area contributed by atoms with E-state index in [9.17, 15) is 0 Å². The summed E-state index contributed by atoms with van der Waals surface area (Å²) in [5.74, 6) is 5.34. The fraction of sp³-hybridized carbons (Fsp3) is 0.714. The van der Waals surface area contributed by atoms with Crippen LogP contribution in [0.25, 0.3) is 0 Å².